The second-order valence-electron chi connectivity index (χ2n) is 18.4. The molecular formula is C64H45N. The van der Waals surface area contributed by atoms with Gasteiger partial charge in [0.1, 0.15) is 0 Å². The zero-order valence-corrected chi connectivity index (χ0v) is 36.5. The Hall–Kier alpha value is -8.00. The predicted octanol–water partition coefficient (Wildman–Crippen LogP) is 17.0. The van der Waals surface area contributed by atoms with Crippen LogP contribution in [-0.4, -0.2) is 0 Å². The third kappa shape index (κ3) is 5.39. The third-order valence-corrected chi connectivity index (χ3v) is 14.7. The standard InChI is InChI=1S/C64H45N/c1-63(2)57-28-15-13-26-53(57)54-38-34-43(40-60(54)63)42-32-35-46(36-33-42)65(47-37-39-52-50-24-10-9-22-48(50)49-23-11-12-25-51(49)56(52)41-47)61-31-17-30-59-62(61)55-27-14-16-29-58(55)64(59,44-18-5-3-6-19-44)45-20-7-4-8-21-45/h3-41H,1-2H3. The van der Waals surface area contributed by atoms with Crippen LogP contribution in [-0.2, 0) is 10.8 Å². The summed E-state index contributed by atoms with van der Waals surface area (Å²) in [6.07, 6.45) is 0. The van der Waals surface area contributed by atoms with Crippen molar-refractivity contribution in [1.29, 1.82) is 0 Å². The van der Waals surface area contributed by atoms with E-state index in [1.54, 1.807) is 0 Å². The van der Waals surface area contributed by atoms with Gasteiger partial charge in [-0.05, 0) is 130 Å². The molecule has 0 fully saturated rings. The molecule has 0 heterocycles. The first-order valence-electron chi connectivity index (χ1n) is 22.8. The fraction of sp³-hybridized carbons (Fsp3) is 0.0625. The molecule has 0 aromatic heterocycles. The van der Waals surface area contributed by atoms with E-state index in [0.29, 0.717) is 0 Å². The minimum atomic E-state index is -0.514. The fourth-order valence-electron chi connectivity index (χ4n) is 11.8. The van der Waals surface area contributed by atoms with Crippen molar-refractivity contribution in [3.8, 4) is 33.4 Å². The molecule has 0 aliphatic heterocycles. The van der Waals surface area contributed by atoms with E-state index < -0.39 is 5.41 Å². The van der Waals surface area contributed by atoms with Gasteiger partial charge in [0.15, 0.2) is 0 Å². The second-order valence-corrected chi connectivity index (χ2v) is 18.4. The van der Waals surface area contributed by atoms with Crippen molar-refractivity contribution >= 4 is 49.4 Å². The van der Waals surface area contributed by atoms with E-state index in [4.69, 9.17) is 0 Å². The zero-order valence-electron chi connectivity index (χ0n) is 36.5. The number of hydrogen-bond donors (Lipinski definition) is 0. The van der Waals surface area contributed by atoms with Crippen molar-refractivity contribution in [2.75, 3.05) is 4.90 Å². The Kier molecular flexibility index (Phi) is 8.24. The predicted molar refractivity (Wildman–Crippen MR) is 274 cm³/mol. The molecule has 1 nitrogen and oxygen atoms in total. The molecule has 0 saturated carbocycles. The van der Waals surface area contributed by atoms with Gasteiger partial charge >= 0.3 is 0 Å². The molecule has 0 spiro atoms. The van der Waals surface area contributed by atoms with Gasteiger partial charge in [-0.1, -0.05) is 214 Å². The van der Waals surface area contributed by atoms with E-state index in [9.17, 15) is 0 Å². The van der Waals surface area contributed by atoms with Crippen LogP contribution in [0.3, 0.4) is 0 Å². The Morgan fingerprint density at radius 1 is 0.308 bits per heavy atom. The molecule has 0 amide bonds. The molecule has 1 heteroatoms. The molecule has 2 aliphatic carbocycles. The fourth-order valence-corrected chi connectivity index (χ4v) is 11.8. The SMILES string of the molecule is CC1(C)c2ccccc2-c2ccc(-c3ccc(N(c4ccc5c6ccccc6c6ccccc6c5c4)c4cccc5c4-c4ccccc4C5(c4ccccc4)c4ccccc4)cc3)cc21. The maximum absolute atomic E-state index is 2.51. The van der Waals surface area contributed by atoms with Crippen molar-refractivity contribution in [1.82, 2.24) is 0 Å². The highest BCUT2D eigenvalue weighted by Gasteiger charge is 2.47. The smallest absolute Gasteiger partial charge is 0.0714 e. The normalized spacial score (nSPS) is 13.9. The Labute approximate surface area is 380 Å². The number of anilines is 3. The van der Waals surface area contributed by atoms with Gasteiger partial charge in [0.05, 0.1) is 11.1 Å². The van der Waals surface area contributed by atoms with E-state index in [2.05, 4.69) is 255 Å². The van der Waals surface area contributed by atoms with Crippen LogP contribution in [0, 0.1) is 0 Å². The van der Waals surface area contributed by atoms with Crippen LogP contribution in [0.4, 0.5) is 17.1 Å². The Morgan fingerprint density at radius 2 is 0.800 bits per heavy atom. The molecule has 11 aromatic rings. The van der Waals surface area contributed by atoms with Gasteiger partial charge in [-0.3, -0.25) is 0 Å². The van der Waals surface area contributed by atoms with Gasteiger partial charge in [0.2, 0.25) is 0 Å². The summed E-state index contributed by atoms with van der Waals surface area (Å²) in [7, 11) is 0. The average Bonchev–Trinajstić information content (AvgIpc) is 3.81. The van der Waals surface area contributed by atoms with Crippen LogP contribution < -0.4 is 4.90 Å². The van der Waals surface area contributed by atoms with Crippen molar-refractivity contribution in [2.24, 2.45) is 0 Å². The number of benzene rings is 11. The summed E-state index contributed by atoms with van der Waals surface area (Å²) in [4.78, 5) is 2.51. The summed E-state index contributed by atoms with van der Waals surface area (Å²) >= 11 is 0. The van der Waals surface area contributed by atoms with Crippen molar-refractivity contribution < 1.29 is 0 Å². The lowest BCUT2D eigenvalue weighted by Crippen LogP contribution is -2.28. The highest BCUT2D eigenvalue weighted by Crippen LogP contribution is 2.60. The summed E-state index contributed by atoms with van der Waals surface area (Å²) in [5.41, 5.74) is 18.3. The molecule has 13 rings (SSSR count). The van der Waals surface area contributed by atoms with Crippen molar-refractivity contribution in [2.45, 2.75) is 24.7 Å². The molecule has 65 heavy (non-hydrogen) atoms. The average molecular weight is 828 g/mol. The summed E-state index contributed by atoms with van der Waals surface area (Å²) in [5.74, 6) is 0. The Balaban J connectivity index is 1.05. The minimum absolute atomic E-state index is 0.0665. The first-order valence-corrected chi connectivity index (χ1v) is 22.8. The maximum atomic E-state index is 2.51. The van der Waals surface area contributed by atoms with Crippen molar-refractivity contribution in [3.63, 3.8) is 0 Å². The lowest BCUT2D eigenvalue weighted by Gasteiger charge is -2.34. The van der Waals surface area contributed by atoms with Gasteiger partial charge in [0.25, 0.3) is 0 Å². The summed E-state index contributed by atoms with van der Waals surface area (Å²) in [5, 5.41) is 7.59. The number of nitrogens with zero attached hydrogens (tertiary/aromatic N) is 1. The van der Waals surface area contributed by atoms with E-state index >= 15 is 0 Å². The lowest BCUT2D eigenvalue weighted by atomic mass is 9.68. The number of fused-ring (bicyclic) bond motifs is 12. The zero-order chi connectivity index (χ0) is 43.3. The summed E-state index contributed by atoms with van der Waals surface area (Å²) < 4.78 is 0. The highest BCUT2D eigenvalue weighted by atomic mass is 15.1. The topological polar surface area (TPSA) is 3.24 Å². The molecule has 0 radical (unpaired) electrons. The Morgan fingerprint density at radius 3 is 1.46 bits per heavy atom. The maximum Gasteiger partial charge on any atom is 0.0714 e. The summed E-state index contributed by atoms with van der Waals surface area (Å²) in [6, 6.07) is 88.4. The van der Waals surface area contributed by atoms with E-state index in [-0.39, 0.29) is 5.41 Å². The number of hydrogen-bond acceptors (Lipinski definition) is 1. The molecule has 0 atom stereocenters. The van der Waals surface area contributed by atoms with Crippen LogP contribution in [0.5, 0.6) is 0 Å². The van der Waals surface area contributed by atoms with Crippen LogP contribution in [0.15, 0.2) is 237 Å². The van der Waals surface area contributed by atoms with E-state index in [1.807, 2.05) is 0 Å². The first kappa shape index (κ1) is 37.5. The van der Waals surface area contributed by atoms with Crippen LogP contribution in [0.2, 0.25) is 0 Å². The molecule has 0 saturated heterocycles. The van der Waals surface area contributed by atoms with Crippen LogP contribution >= 0.6 is 0 Å². The largest absolute Gasteiger partial charge is 0.310 e. The first-order chi connectivity index (χ1) is 32.0. The molecule has 306 valence electrons. The number of rotatable bonds is 6. The van der Waals surface area contributed by atoms with Gasteiger partial charge in [-0.2, -0.15) is 0 Å². The van der Waals surface area contributed by atoms with Gasteiger partial charge in [-0.25, -0.2) is 0 Å². The van der Waals surface area contributed by atoms with E-state index in [1.165, 1.54) is 99.1 Å². The molecule has 0 N–H and O–H groups in total. The molecular weight excluding hydrogens is 783 g/mol. The van der Waals surface area contributed by atoms with Gasteiger partial charge in [0, 0.05) is 22.4 Å². The second kappa shape index (κ2) is 14.3. The van der Waals surface area contributed by atoms with Gasteiger partial charge in [-0.15, -0.1) is 0 Å². The van der Waals surface area contributed by atoms with E-state index in [0.717, 1.165) is 17.1 Å². The molecule has 0 bridgehead atoms. The van der Waals surface area contributed by atoms with Gasteiger partial charge < -0.3 is 4.90 Å². The minimum Gasteiger partial charge on any atom is -0.310 e. The molecule has 0 unspecified atom stereocenters. The molecule has 2 aliphatic rings. The Bertz CT molecular complexity index is 3600. The highest BCUT2D eigenvalue weighted by molar-refractivity contribution is 6.26. The van der Waals surface area contributed by atoms with Crippen LogP contribution in [0.25, 0.3) is 65.7 Å². The summed E-state index contributed by atoms with van der Waals surface area (Å²) in [6.45, 7) is 4.72. The van der Waals surface area contributed by atoms with Crippen LogP contribution in [0.1, 0.15) is 47.2 Å². The quantitative estimate of drug-likeness (QED) is 0.151. The monoisotopic (exact) mass is 827 g/mol. The van der Waals surface area contributed by atoms with Crippen molar-refractivity contribution in [3.05, 3.63) is 270 Å². The third-order valence-electron chi connectivity index (χ3n) is 14.7. The molecule has 11 aromatic carbocycles. The lowest BCUT2D eigenvalue weighted by molar-refractivity contribution is 0.660.